The maximum Gasteiger partial charge on any atom is 0.266 e. The highest BCUT2D eigenvalue weighted by atomic mass is 32.2. The molecule has 2 aromatic carbocycles. The van der Waals surface area contributed by atoms with Gasteiger partial charge >= 0.3 is 0 Å². The van der Waals surface area contributed by atoms with Crippen LogP contribution in [0.3, 0.4) is 0 Å². The molecule has 3 nitrogen and oxygen atoms in total. The van der Waals surface area contributed by atoms with Gasteiger partial charge in [0.15, 0.2) is 0 Å². The zero-order valence-electron chi connectivity index (χ0n) is 11.2. The Hall–Kier alpha value is -1.85. The Bertz CT molecular complexity index is 611. The van der Waals surface area contributed by atoms with Gasteiger partial charge in [-0.25, -0.2) is 4.39 Å². The van der Waals surface area contributed by atoms with Crippen LogP contribution in [0.2, 0.25) is 0 Å². The van der Waals surface area contributed by atoms with Gasteiger partial charge in [-0.1, -0.05) is 29.3 Å². The van der Waals surface area contributed by atoms with Gasteiger partial charge in [0, 0.05) is 5.56 Å². The predicted octanol–water partition coefficient (Wildman–Crippen LogP) is 3.38. The molecule has 0 spiro atoms. The van der Waals surface area contributed by atoms with Gasteiger partial charge in [-0.05, 0) is 50.1 Å². The van der Waals surface area contributed by atoms with E-state index < -0.39 is 0 Å². The summed E-state index contributed by atoms with van der Waals surface area (Å²) in [5, 5.41) is 0. The van der Waals surface area contributed by atoms with Crippen molar-refractivity contribution in [1.29, 1.82) is 0 Å². The number of nitrogens with one attached hydrogen (secondary N) is 2. The van der Waals surface area contributed by atoms with E-state index >= 15 is 0 Å². The molecule has 0 bridgehead atoms. The molecule has 0 unspecified atom stereocenters. The molecular weight excluding hydrogens is 275 g/mol. The van der Waals surface area contributed by atoms with E-state index in [1.54, 1.807) is 30.3 Å². The summed E-state index contributed by atoms with van der Waals surface area (Å²) in [6.07, 6.45) is 0. The lowest BCUT2D eigenvalue weighted by atomic mass is 10.1. The lowest BCUT2D eigenvalue weighted by Gasteiger charge is -2.08. The van der Waals surface area contributed by atoms with E-state index in [9.17, 15) is 9.18 Å². The minimum Gasteiger partial charge on any atom is -0.277 e. The Morgan fingerprint density at radius 2 is 1.75 bits per heavy atom. The molecule has 2 aromatic rings. The summed E-state index contributed by atoms with van der Waals surface area (Å²) < 4.78 is 13.4. The van der Waals surface area contributed by atoms with Gasteiger partial charge in [-0.3, -0.25) is 10.2 Å². The first-order valence-corrected chi connectivity index (χ1v) is 6.93. The predicted molar refractivity (Wildman–Crippen MR) is 78.8 cm³/mol. The number of hydrazine groups is 1. The van der Waals surface area contributed by atoms with Crippen LogP contribution in [-0.4, -0.2) is 5.91 Å². The summed E-state index contributed by atoms with van der Waals surface area (Å²) >= 11 is 1.02. The van der Waals surface area contributed by atoms with Gasteiger partial charge in [0.2, 0.25) is 0 Å². The minimum absolute atomic E-state index is 0.249. The van der Waals surface area contributed by atoms with Crippen LogP contribution in [0.25, 0.3) is 0 Å². The minimum atomic E-state index is -0.328. The van der Waals surface area contributed by atoms with Crippen LogP contribution in [0.15, 0.2) is 47.4 Å². The lowest BCUT2D eigenvalue weighted by molar-refractivity contribution is 0.0947. The molecule has 0 aliphatic heterocycles. The molecule has 2 rings (SSSR count). The summed E-state index contributed by atoms with van der Waals surface area (Å²) in [5.74, 6) is -0.578. The zero-order chi connectivity index (χ0) is 14.5. The Morgan fingerprint density at radius 1 is 1.10 bits per heavy atom. The highest BCUT2D eigenvalue weighted by Crippen LogP contribution is 2.17. The molecule has 0 heterocycles. The van der Waals surface area contributed by atoms with E-state index in [0.29, 0.717) is 10.5 Å². The molecule has 5 heteroatoms. The van der Waals surface area contributed by atoms with Crippen molar-refractivity contribution in [3.63, 3.8) is 0 Å². The van der Waals surface area contributed by atoms with Crippen LogP contribution in [0.5, 0.6) is 0 Å². The van der Waals surface area contributed by atoms with Crippen LogP contribution >= 0.6 is 11.9 Å². The van der Waals surface area contributed by atoms with Crippen molar-refractivity contribution in [3.05, 3.63) is 65.0 Å². The second-order valence-corrected chi connectivity index (χ2v) is 5.31. The summed E-state index contributed by atoms with van der Waals surface area (Å²) in [6, 6.07) is 12.0. The number of hydrogen-bond donors (Lipinski definition) is 2. The number of amides is 1. The molecule has 1 amide bonds. The number of halogens is 1. The Kier molecular flexibility index (Phi) is 4.76. The van der Waals surface area contributed by atoms with Gasteiger partial charge in [0.1, 0.15) is 5.82 Å². The van der Waals surface area contributed by atoms with Crippen molar-refractivity contribution in [1.82, 2.24) is 10.3 Å². The van der Waals surface area contributed by atoms with E-state index in [4.69, 9.17) is 0 Å². The second-order valence-electron chi connectivity index (χ2n) is 4.47. The maximum atomic E-state index is 13.4. The Labute approximate surface area is 121 Å². The highest BCUT2D eigenvalue weighted by Gasteiger charge is 2.07. The largest absolute Gasteiger partial charge is 0.277 e. The fraction of sp³-hybridized carbons (Fsp3) is 0.133. The molecule has 0 saturated heterocycles. The molecule has 0 aromatic heterocycles. The molecule has 0 aliphatic carbocycles. The number of aryl methyl sites for hydroxylation is 2. The number of hydrogen-bond acceptors (Lipinski definition) is 3. The van der Waals surface area contributed by atoms with Gasteiger partial charge in [0.05, 0.1) is 4.90 Å². The number of carbonyl (C=O) groups is 1. The molecule has 2 N–H and O–H groups in total. The molecule has 0 saturated carbocycles. The highest BCUT2D eigenvalue weighted by molar-refractivity contribution is 7.97. The molecule has 0 fully saturated rings. The van der Waals surface area contributed by atoms with Gasteiger partial charge in [0.25, 0.3) is 5.91 Å². The Morgan fingerprint density at radius 3 is 2.40 bits per heavy atom. The third kappa shape index (κ3) is 3.82. The van der Waals surface area contributed by atoms with Crippen LogP contribution in [0.1, 0.15) is 21.5 Å². The fourth-order valence-corrected chi connectivity index (χ4v) is 2.40. The average molecular weight is 290 g/mol. The first-order valence-electron chi connectivity index (χ1n) is 6.11. The average Bonchev–Trinajstić information content (AvgIpc) is 2.39. The molecular formula is C15H15FN2OS. The van der Waals surface area contributed by atoms with Crippen molar-refractivity contribution in [2.75, 3.05) is 0 Å². The molecule has 20 heavy (non-hydrogen) atoms. The normalized spacial score (nSPS) is 10.3. The van der Waals surface area contributed by atoms with Crippen molar-refractivity contribution >= 4 is 17.9 Å². The molecule has 0 aliphatic rings. The fourth-order valence-electron chi connectivity index (χ4n) is 1.83. The smallest absolute Gasteiger partial charge is 0.266 e. The standard InChI is InChI=1S/C15H15FN2OS/c1-10-7-11(2)9-12(8-10)15(19)17-18-20-14-6-4-3-5-13(14)16/h3-9,18H,1-2H3,(H,17,19). The van der Waals surface area contributed by atoms with Gasteiger partial charge in [-0.2, -0.15) is 4.83 Å². The van der Waals surface area contributed by atoms with Crippen LogP contribution in [0.4, 0.5) is 4.39 Å². The lowest BCUT2D eigenvalue weighted by Crippen LogP contribution is -2.32. The van der Waals surface area contributed by atoms with Crippen molar-refractivity contribution in [2.24, 2.45) is 0 Å². The summed E-state index contributed by atoms with van der Waals surface area (Å²) in [6.45, 7) is 3.87. The Balaban J connectivity index is 1.94. The monoisotopic (exact) mass is 290 g/mol. The number of carbonyl (C=O) groups excluding carboxylic acids is 1. The summed E-state index contributed by atoms with van der Waals surface area (Å²) in [4.78, 5) is 15.0. The quantitative estimate of drug-likeness (QED) is 0.670. The van der Waals surface area contributed by atoms with E-state index in [1.807, 2.05) is 19.9 Å². The molecule has 0 radical (unpaired) electrons. The van der Waals surface area contributed by atoms with Crippen molar-refractivity contribution in [2.45, 2.75) is 18.7 Å². The topological polar surface area (TPSA) is 41.1 Å². The third-order valence-electron chi connectivity index (χ3n) is 2.65. The third-order valence-corrected chi connectivity index (χ3v) is 3.40. The first-order chi connectivity index (χ1) is 9.56. The van der Waals surface area contributed by atoms with Gasteiger partial charge < -0.3 is 0 Å². The van der Waals surface area contributed by atoms with Crippen LogP contribution in [0, 0.1) is 19.7 Å². The molecule has 0 atom stereocenters. The van der Waals surface area contributed by atoms with E-state index in [1.165, 1.54) is 6.07 Å². The van der Waals surface area contributed by atoms with E-state index in [-0.39, 0.29) is 11.7 Å². The van der Waals surface area contributed by atoms with Crippen LogP contribution < -0.4 is 10.3 Å². The van der Waals surface area contributed by atoms with E-state index in [2.05, 4.69) is 10.3 Å². The SMILES string of the molecule is Cc1cc(C)cc(C(=O)NNSc2ccccc2F)c1. The first kappa shape index (κ1) is 14.6. The maximum absolute atomic E-state index is 13.4. The zero-order valence-corrected chi connectivity index (χ0v) is 12.1. The van der Waals surface area contributed by atoms with Gasteiger partial charge in [-0.15, -0.1) is 0 Å². The van der Waals surface area contributed by atoms with E-state index in [0.717, 1.165) is 23.1 Å². The number of benzene rings is 2. The molecule has 104 valence electrons. The number of rotatable bonds is 4. The summed E-state index contributed by atoms with van der Waals surface area (Å²) in [5.41, 5.74) is 5.16. The second kappa shape index (κ2) is 6.54. The van der Waals surface area contributed by atoms with Crippen molar-refractivity contribution in [3.8, 4) is 0 Å². The van der Waals surface area contributed by atoms with Crippen molar-refractivity contribution < 1.29 is 9.18 Å². The van der Waals surface area contributed by atoms with Crippen LogP contribution in [-0.2, 0) is 0 Å². The summed E-state index contributed by atoms with van der Waals surface area (Å²) in [7, 11) is 0.